The Balaban J connectivity index is 1.86. The first-order valence-corrected chi connectivity index (χ1v) is 8.45. The smallest absolute Gasteiger partial charge is 0.191 e. The molecule has 0 spiro atoms. The largest absolute Gasteiger partial charge is 0.363 e. The fourth-order valence-corrected chi connectivity index (χ4v) is 2.76. The van der Waals surface area contributed by atoms with E-state index in [0.717, 1.165) is 28.9 Å². The minimum absolute atomic E-state index is 0.624. The molecule has 23 heavy (non-hydrogen) atoms. The standard InChI is InChI=1S/C16H24N6S/c1-5-13-10-18-15(23-13)11-20-16(17-2)19-9-12-7-6-8-14(21-12)22(3)4/h6-8,10H,5,9,11H2,1-4H3,(H2,17,19,20). The summed E-state index contributed by atoms with van der Waals surface area (Å²) < 4.78 is 0. The number of nitrogens with one attached hydrogen (secondary N) is 2. The topological polar surface area (TPSA) is 65.4 Å². The molecule has 0 aromatic carbocycles. The molecule has 0 amide bonds. The molecule has 124 valence electrons. The highest BCUT2D eigenvalue weighted by Crippen LogP contribution is 2.12. The van der Waals surface area contributed by atoms with Gasteiger partial charge in [0.25, 0.3) is 0 Å². The molecule has 0 unspecified atom stereocenters. The summed E-state index contributed by atoms with van der Waals surface area (Å²) >= 11 is 1.73. The number of rotatable bonds is 6. The van der Waals surface area contributed by atoms with E-state index >= 15 is 0 Å². The van der Waals surface area contributed by atoms with Gasteiger partial charge in [-0.25, -0.2) is 9.97 Å². The molecule has 0 saturated heterocycles. The lowest BCUT2D eigenvalue weighted by Crippen LogP contribution is -2.36. The van der Waals surface area contributed by atoms with Crippen LogP contribution in [0.4, 0.5) is 5.82 Å². The van der Waals surface area contributed by atoms with Crippen LogP contribution < -0.4 is 15.5 Å². The summed E-state index contributed by atoms with van der Waals surface area (Å²) in [5.41, 5.74) is 0.974. The van der Waals surface area contributed by atoms with Gasteiger partial charge in [-0.15, -0.1) is 11.3 Å². The zero-order chi connectivity index (χ0) is 16.7. The lowest BCUT2D eigenvalue weighted by molar-refractivity contribution is 0.790. The van der Waals surface area contributed by atoms with Crippen molar-refractivity contribution in [3.63, 3.8) is 0 Å². The van der Waals surface area contributed by atoms with Crippen LogP contribution in [0.1, 0.15) is 22.5 Å². The first-order chi connectivity index (χ1) is 11.1. The van der Waals surface area contributed by atoms with E-state index in [1.807, 2.05) is 43.4 Å². The first-order valence-electron chi connectivity index (χ1n) is 7.63. The highest BCUT2D eigenvalue weighted by molar-refractivity contribution is 7.11. The Morgan fingerprint density at radius 1 is 1.26 bits per heavy atom. The molecule has 0 bridgehead atoms. The van der Waals surface area contributed by atoms with Crippen LogP contribution in [-0.4, -0.2) is 37.1 Å². The highest BCUT2D eigenvalue weighted by Gasteiger charge is 2.04. The van der Waals surface area contributed by atoms with Gasteiger partial charge in [-0.1, -0.05) is 13.0 Å². The van der Waals surface area contributed by atoms with Crippen LogP contribution in [-0.2, 0) is 19.5 Å². The molecule has 0 aliphatic carbocycles. The normalized spacial score (nSPS) is 11.4. The number of hydrogen-bond acceptors (Lipinski definition) is 5. The van der Waals surface area contributed by atoms with Crippen molar-refractivity contribution in [3.05, 3.63) is 40.0 Å². The minimum Gasteiger partial charge on any atom is -0.363 e. The molecule has 0 radical (unpaired) electrons. The number of thiazole rings is 1. The molecule has 2 aromatic rings. The third kappa shape index (κ3) is 5.21. The number of aryl methyl sites for hydroxylation is 1. The zero-order valence-corrected chi connectivity index (χ0v) is 14.9. The Bertz CT molecular complexity index is 650. The van der Waals surface area contributed by atoms with Crippen molar-refractivity contribution in [1.29, 1.82) is 0 Å². The number of hydrogen-bond donors (Lipinski definition) is 2. The molecule has 0 aliphatic heterocycles. The van der Waals surface area contributed by atoms with Crippen LogP contribution in [0.3, 0.4) is 0 Å². The quantitative estimate of drug-likeness (QED) is 0.626. The third-order valence-corrected chi connectivity index (χ3v) is 4.41. The number of aliphatic imine (C=N–C) groups is 1. The van der Waals surface area contributed by atoms with Crippen molar-refractivity contribution >= 4 is 23.1 Å². The van der Waals surface area contributed by atoms with E-state index in [0.29, 0.717) is 13.1 Å². The maximum absolute atomic E-state index is 4.58. The van der Waals surface area contributed by atoms with Gasteiger partial charge in [0.05, 0.1) is 18.8 Å². The second-order valence-corrected chi connectivity index (χ2v) is 6.43. The van der Waals surface area contributed by atoms with Crippen molar-refractivity contribution in [2.24, 2.45) is 4.99 Å². The number of anilines is 1. The van der Waals surface area contributed by atoms with Crippen molar-refractivity contribution in [1.82, 2.24) is 20.6 Å². The highest BCUT2D eigenvalue weighted by atomic mass is 32.1. The number of aromatic nitrogens is 2. The summed E-state index contributed by atoms with van der Waals surface area (Å²) in [6.45, 7) is 3.44. The average molecular weight is 332 g/mol. The Hall–Kier alpha value is -2.15. The molecule has 2 rings (SSSR count). The predicted molar refractivity (Wildman–Crippen MR) is 97.1 cm³/mol. The number of nitrogens with zero attached hydrogens (tertiary/aromatic N) is 4. The lowest BCUT2D eigenvalue weighted by atomic mass is 10.3. The first kappa shape index (κ1) is 17.2. The molecular formula is C16H24N6S. The van der Waals surface area contributed by atoms with Crippen LogP contribution in [0.2, 0.25) is 0 Å². The van der Waals surface area contributed by atoms with Crippen molar-refractivity contribution in [3.8, 4) is 0 Å². The summed E-state index contributed by atoms with van der Waals surface area (Å²) in [4.78, 5) is 16.5. The number of guanidine groups is 1. The van der Waals surface area contributed by atoms with Crippen LogP contribution in [0.25, 0.3) is 0 Å². The van der Waals surface area contributed by atoms with Gasteiger partial charge < -0.3 is 15.5 Å². The fraction of sp³-hybridized carbons (Fsp3) is 0.438. The lowest BCUT2D eigenvalue weighted by Gasteiger charge is -2.14. The summed E-state index contributed by atoms with van der Waals surface area (Å²) in [7, 11) is 5.73. The van der Waals surface area contributed by atoms with Crippen molar-refractivity contribution in [2.75, 3.05) is 26.0 Å². The Morgan fingerprint density at radius 3 is 2.70 bits per heavy atom. The Morgan fingerprint density at radius 2 is 2.04 bits per heavy atom. The molecule has 2 N–H and O–H groups in total. The van der Waals surface area contributed by atoms with Crippen LogP contribution in [0.15, 0.2) is 29.4 Å². The van der Waals surface area contributed by atoms with E-state index in [-0.39, 0.29) is 0 Å². The molecule has 2 aromatic heterocycles. The van der Waals surface area contributed by atoms with Gasteiger partial charge in [0, 0.05) is 32.2 Å². The van der Waals surface area contributed by atoms with E-state index in [1.54, 1.807) is 18.4 Å². The minimum atomic E-state index is 0.624. The predicted octanol–water partition coefficient (Wildman–Crippen LogP) is 2.03. The molecule has 6 nitrogen and oxygen atoms in total. The van der Waals surface area contributed by atoms with E-state index in [4.69, 9.17) is 0 Å². The van der Waals surface area contributed by atoms with Gasteiger partial charge in [-0.05, 0) is 18.6 Å². The Labute approximate surface area is 141 Å². The molecule has 2 heterocycles. The van der Waals surface area contributed by atoms with Crippen LogP contribution >= 0.6 is 11.3 Å². The second-order valence-electron chi connectivity index (χ2n) is 5.23. The fourth-order valence-electron chi connectivity index (χ4n) is 1.96. The van der Waals surface area contributed by atoms with Gasteiger partial charge in [-0.3, -0.25) is 4.99 Å². The zero-order valence-electron chi connectivity index (χ0n) is 14.1. The molecule has 7 heteroatoms. The number of pyridine rings is 1. The van der Waals surface area contributed by atoms with Gasteiger partial charge in [0.15, 0.2) is 5.96 Å². The Kier molecular flexibility index (Phi) is 6.34. The summed E-state index contributed by atoms with van der Waals surface area (Å²) in [6.07, 6.45) is 2.97. The molecule has 0 saturated carbocycles. The van der Waals surface area contributed by atoms with E-state index in [1.165, 1.54) is 4.88 Å². The summed E-state index contributed by atoms with van der Waals surface area (Å²) in [6, 6.07) is 6.00. The van der Waals surface area contributed by atoms with E-state index in [2.05, 4.69) is 32.5 Å². The van der Waals surface area contributed by atoms with Crippen LogP contribution in [0, 0.1) is 0 Å². The maximum atomic E-state index is 4.58. The molecule has 0 atom stereocenters. The van der Waals surface area contributed by atoms with Gasteiger partial charge in [0.1, 0.15) is 10.8 Å². The second kappa shape index (κ2) is 8.47. The SMILES string of the molecule is CCc1cnc(CNC(=NC)NCc2cccc(N(C)C)n2)s1. The van der Waals surface area contributed by atoms with Crippen molar-refractivity contribution < 1.29 is 0 Å². The summed E-state index contributed by atoms with van der Waals surface area (Å²) in [5.74, 6) is 1.69. The van der Waals surface area contributed by atoms with Gasteiger partial charge in [0.2, 0.25) is 0 Å². The molecule has 0 fully saturated rings. The third-order valence-electron chi connectivity index (χ3n) is 3.27. The molecular weight excluding hydrogens is 308 g/mol. The van der Waals surface area contributed by atoms with E-state index < -0.39 is 0 Å². The monoisotopic (exact) mass is 332 g/mol. The van der Waals surface area contributed by atoms with Crippen molar-refractivity contribution in [2.45, 2.75) is 26.4 Å². The summed E-state index contributed by atoms with van der Waals surface area (Å²) in [5, 5.41) is 7.62. The average Bonchev–Trinajstić information content (AvgIpc) is 3.03. The van der Waals surface area contributed by atoms with Crippen LogP contribution in [0.5, 0.6) is 0 Å². The molecule has 0 aliphatic rings. The van der Waals surface area contributed by atoms with E-state index in [9.17, 15) is 0 Å². The maximum Gasteiger partial charge on any atom is 0.191 e. The van der Waals surface area contributed by atoms with Gasteiger partial charge in [-0.2, -0.15) is 0 Å². The van der Waals surface area contributed by atoms with Gasteiger partial charge >= 0.3 is 0 Å².